The van der Waals surface area contributed by atoms with E-state index < -0.39 is 21.3 Å². The fourth-order valence-corrected chi connectivity index (χ4v) is 4.96. The largest absolute Gasteiger partial charge is 0.482 e. The van der Waals surface area contributed by atoms with Crippen LogP contribution in [0.25, 0.3) is 5.76 Å². The summed E-state index contributed by atoms with van der Waals surface area (Å²) in [5, 5.41) is 0. The Kier molecular flexibility index (Phi) is 5.81. The number of piperidine rings is 1. The van der Waals surface area contributed by atoms with Crippen LogP contribution in [0.5, 0.6) is 5.75 Å². The van der Waals surface area contributed by atoms with Gasteiger partial charge in [-0.1, -0.05) is 6.07 Å². The van der Waals surface area contributed by atoms with Crippen LogP contribution in [-0.4, -0.2) is 63.0 Å². The Labute approximate surface area is 190 Å². The van der Waals surface area contributed by atoms with Gasteiger partial charge in [0.1, 0.15) is 17.0 Å². The number of amides is 1. The zero-order valence-electron chi connectivity index (χ0n) is 19.2. The average Bonchev–Trinajstić information content (AvgIpc) is 3.20. The minimum absolute atomic E-state index is 0.307. The van der Waals surface area contributed by atoms with Crippen molar-refractivity contribution in [2.45, 2.75) is 57.7 Å². The van der Waals surface area contributed by atoms with Gasteiger partial charge in [-0.3, -0.25) is 0 Å². The predicted molar refractivity (Wildman–Crippen MR) is 122 cm³/mol. The van der Waals surface area contributed by atoms with Crippen LogP contribution in [0.2, 0.25) is 0 Å². The van der Waals surface area contributed by atoms with Gasteiger partial charge in [-0.2, -0.15) is 8.42 Å². The second kappa shape index (κ2) is 8.17. The number of hydrogen-bond donors (Lipinski definition) is 0. The number of anilines is 1. The Hall–Kier alpha value is -2.42. The molecule has 176 valence electrons. The normalized spacial score (nSPS) is 20.4. The molecular formula is C23H32N2O6S. The molecule has 2 fully saturated rings. The summed E-state index contributed by atoms with van der Waals surface area (Å²) in [5.74, 6) is 0.920. The van der Waals surface area contributed by atoms with E-state index >= 15 is 0 Å². The van der Waals surface area contributed by atoms with Crippen LogP contribution in [0.3, 0.4) is 0 Å². The quantitative estimate of drug-likeness (QED) is 0.630. The molecule has 0 atom stereocenters. The average molecular weight is 465 g/mol. The molecule has 2 saturated heterocycles. The molecule has 0 unspecified atom stereocenters. The SMILES string of the molecule is CC(C)(C)OC(=O)N1CCC2(C=C(OS(C)(=O)=O)c3c(cccc3N3CCCC3)O2)CC1. The van der Waals surface area contributed by atoms with Crippen molar-refractivity contribution < 1.29 is 26.9 Å². The number of fused-ring (bicyclic) bond motifs is 1. The second-order valence-electron chi connectivity index (χ2n) is 9.77. The fourth-order valence-electron chi connectivity index (χ4n) is 4.50. The summed E-state index contributed by atoms with van der Waals surface area (Å²) >= 11 is 0. The van der Waals surface area contributed by atoms with Crippen molar-refractivity contribution in [2.75, 3.05) is 37.3 Å². The molecule has 4 rings (SSSR count). The summed E-state index contributed by atoms with van der Waals surface area (Å²) < 4.78 is 41.7. The first kappa shape index (κ1) is 22.8. The molecule has 0 radical (unpaired) electrons. The Morgan fingerprint density at radius 3 is 2.34 bits per heavy atom. The topological polar surface area (TPSA) is 85.4 Å². The third-order valence-corrected chi connectivity index (χ3v) is 6.39. The highest BCUT2D eigenvalue weighted by atomic mass is 32.2. The van der Waals surface area contributed by atoms with Gasteiger partial charge in [-0.15, -0.1) is 0 Å². The van der Waals surface area contributed by atoms with Crippen molar-refractivity contribution in [3.8, 4) is 5.75 Å². The Bertz CT molecular complexity index is 1010. The van der Waals surface area contributed by atoms with Gasteiger partial charge in [-0.25, -0.2) is 4.79 Å². The van der Waals surface area contributed by atoms with Gasteiger partial charge in [0.15, 0.2) is 5.76 Å². The highest BCUT2D eigenvalue weighted by Gasteiger charge is 2.42. The maximum atomic E-state index is 12.5. The van der Waals surface area contributed by atoms with Gasteiger partial charge in [0.25, 0.3) is 0 Å². The Balaban J connectivity index is 1.63. The zero-order valence-corrected chi connectivity index (χ0v) is 20.0. The number of benzene rings is 1. The number of nitrogens with zero attached hydrogens (tertiary/aromatic N) is 2. The van der Waals surface area contributed by atoms with Crippen LogP contribution in [0.15, 0.2) is 24.3 Å². The molecule has 0 aromatic heterocycles. The number of carbonyl (C=O) groups excluding carboxylic acids is 1. The van der Waals surface area contributed by atoms with E-state index in [0.29, 0.717) is 43.0 Å². The number of likely N-dealkylation sites (tertiary alicyclic amines) is 1. The monoisotopic (exact) mass is 464 g/mol. The molecule has 3 aliphatic heterocycles. The molecular weight excluding hydrogens is 432 g/mol. The van der Waals surface area contributed by atoms with Crippen LogP contribution in [0, 0.1) is 0 Å². The van der Waals surface area contributed by atoms with E-state index in [-0.39, 0.29) is 6.09 Å². The predicted octanol–water partition coefficient (Wildman–Crippen LogP) is 3.77. The van der Waals surface area contributed by atoms with E-state index in [1.54, 1.807) is 11.0 Å². The van der Waals surface area contributed by atoms with Gasteiger partial charge in [0, 0.05) is 45.1 Å². The van der Waals surface area contributed by atoms with Crippen LogP contribution < -0.4 is 9.64 Å². The van der Waals surface area contributed by atoms with Crippen molar-refractivity contribution in [2.24, 2.45) is 0 Å². The molecule has 3 heterocycles. The zero-order chi connectivity index (χ0) is 23.1. The third kappa shape index (κ3) is 4.98. The minimum atomic E-state index is -3.73. The molecule has 3 aliphatic rings. The molecule has 1 aromatic rings. The first-order valence-corrected chi connectivity index (χ1v) is 12.9. The summed E-state index contributed by atoms with van der Waals surface area (Å²) in [7, 11) is -3.73. The molecule has 9 heteroatoms. The molecule has 1 aromatic carbocycles. The maximum absolute atomic E-state index is 12.5. The van der Waals surface area contributed by atoms with E-state index in [1.165, 1.54) is 0 Å². The molecule has 0 saturated carbocycles. The lowest BCUT2D eigenvalue weighted by Crippen LogP contribution is -2.50. The Morgan fingerprint density at radius 1 is 1.09 bits per heavy atom. The van der Waals surface area contributed by atoms with Gasteiger partial charge < -0.3 is 23.5 Å². The second-order valence-corrected chi connectivity index (χ2v) is 11.3. The van der Waals surface area contributed by atoms with Crippen LogP contribution in [-0.2, 0) is 19.0 Å². The standard InChI is InChI=1S/C23H32N2O6S/c1-22(2,3)30-21(26)25-14-10-23(11-15-25)16-19(31-32(4,27)28)20-17(24-12-5-6-13-24)8-7-9-18(20)29-23/h7-9,16H,5-6,10-15H2,1-4H3. The summed E-state index contributed by atoms with van der Waals surface area (Å²) in [6.45, 7) is 8.24. The number of hydrogen-bond acceptors (Lipinski definition) is 7. The van der Waals surface area contributed by atoms with Crippen molar-refractivity contribution in [3.05, 3.63) is 29.8 Å². The fraction of sp³-hybridized carbons (Fsp3) is 0.609. The molecule has 32 heavy (non-hydrogen) atoms. The highest BCUT2D eigenvalue weighted by molar-refractivity contribution is 7.86. The van der Waals surface area contributed by atoms with E-state index in [4.69, 9.17) is 13.7 Å². The van der Waals surface area contributed by atoms with Crippen LogP contribution in [0.4, 0.5) is 10.5 Å². The molecule has 8 nitrogen and oxygen atoms in total. The maximum Gasteiger partial charge on any atom is 0.410 e. The number of carbonyl (C=O) groups is 1. The van der Waals surface area contributed by atoms with E-state index in [0.717, 1.165) is 37.9 Å². The van der Waals surface area contributed by atoms with Crippen molar-refractivity contribution >= 4 is 27.7 Å². The summed E-state index contributed by atoms with van der Waals surface area (Å²) in [6.07, 6.45) is 5.71. The van der Waals surface area contributed by atoms with E-state index in [9.17, 15) is 13.2 Å². The molecule has 1 amide bonds. The molecule has 1 spiro atoms. The summed E-state index contributed by atoms with van der Waals surface area (Å²) in [4.78, 5) is 16.4. The first-order chi connectivity index (χ1) is 14.9. The van der Waals surface area contributed by atoms with Crippen LogP contribution >= 0.6 is 0 Å². The van der Waals surface area contributed by atoms with Crippen molar-refractivity contribution in [3.63, 3.8) is 0 Å². The van der Waals surface area contributed by atoms with E-state index in [2.05, 4.69) is 4.90 Å². The van der Waals surface area contributed by atoms with E-state index in [1.807, 2.05) is 39.0 Å². The lowest BCUT2D eigenvalue weighted by Gasteiger charge is -2.43. The first-order valence-electron chi connectivity index (χ1n) is 11.1. The van der Waals surface area contributed by atoms with Gasteiger partial charge in [-0.05, 0) is 45.7 Å². The van der Waals surface area contributed by atoms with Gasteiger partial charge in [0.2, 0.25) is 0 Å². The lowest BCUT2D eigenvalue weighted by atomic mass is 9.87. The molecule has 0 aliphatic carbocycles. The summed E-state index contributed by atoms with van der Waals surface area (Å²) in [5.41, 5.74) is 0.306. The van der Waals surface area contributed by atoms with Gasteiger partial charge >= 0.3 is 16.2 Å². The lowest BCUT2D eigenvalue weighted by molar-refractivity contribution is -0.00157. The third-order valence-electron chi connectivity index (χ3n) is 5.91. The van der Waals surface area contributed by atoms with Crippen molar-refractivity contribution in [1.82, 2.24) is 4.90 Å². The number of rotatable bonds is 3. The van der Waals surface area contributed by atoms with Crippen molar-refractivity contribution in [1.29, 1.82) is 0 Å². The summed E-state index contributed by atoms with van der Waals surface area (Å²) in [6, 6.07) is 5.77. The smallest absolute Gasteiger partial charge is 0.410 e. The van der Waals surface area contributed by atoms with Crippen LogP contribution in [0.1, 0.15) is 52.0 Å². The van der Waals surface area contributed by atoms with Gasteiger partial charge in [0.05, 0.1) is 17.5 Å². The number of ether oxygens (including phenoxy) is 2. The molecule has 0 bridgehead atoms. The minimum Gasteiger partial charge on any atom is -0.482 e. The highest BCUT2D eigenvalue weighted by Crippen LogP contribution is 2.46. The Morgan fingerprint density at radius 2 is 1.75 bits per heavy atom. The molecule has 0 N–H and O–H groups in total.